The molecule has 3 heteroatoms. The normalized spacial score (nSPS) is 33.9. The maximum absolute atomic E-state index is 5.36. The lowest BCUT2D eigenvalue weighted by Crippen LogP contribution is -2.37. The van der Waals surface area contributed by atoms with E-state index in [1.165, 1.54) is 31.2 Å². The van der Waals surface area contributed by atoms with Crippen LogP contribution >= 0.6 is 12.4 Å². The second-order valence-electron chi connectivity index (χ2n) is 5.57. The molecule has 1 N–H and O–H groups in total. The molecule has 1 aliphatic carbocycles. The molecule has 1 heterocycles. The van der Waals surface area contributed by atoms with Crippen LogP contribution in [0.15, 0.2) is 24.3 Å². The van der Waals surface area contributed by atoms with Gasteiger partial charge in [0, 0.05) is 17.5 Å². The average Bonchev–Trinajstić information content (AvgIpc) is 2.60. The molecule has 1 saturated carbocycles. The Hall–Kier alpha value is -0.730. The summed E-state index contributed by atoms with van der Waals surface area (Å²) in [6.45, 7) is 2.34. The molecule has 0 aromatic heterocycles. The first-order valence-electron chi connectivity index (χ1n) is 6.65. The van der Waals surface area contributed by atoms with E-state index < -0.39 is 0 Å². The summed E-state index contributed by atoms with van der Waals surface area (Å²) in [4.78, 5) is 0. The quantitative estimate of drug-likeness (QED) is 0.888. The Balaban J connectivity index is 0.00000120. The molecule has 3 rings (SSSR count). The third-order valence-electron chi connectivity index (χ3n) is 4.75. The maximum atomic E-state index is 5.36. The summed E-state index contributed by atoms with van der Waals surface area (Å²) in [5.41, 5.74) is 1.80. The van der Waals surface area contributed by atoms with Crippen molar-refractivity contribution in [2.24, 2.45) is 0 Å². The highest BCUT2D eigenvalue weighted by atomic mass is 35.5. The Bertz CT molecular complexity index is 423. The molecule has 1 aromatic carbocycles. The Morgan fingerprint density at radius 1 is 1.39 bits per heavy atom. The van der Waals surface area contributed by atoms with Gasteiger partial charge in [-0.15, -0.1) is 12.4 Å². The molecule has 1 aliphatic heterocycles. The van der Waals surface area contributed by atoms with Gasteiger partial charge < -0.3 is 10.1 Å². The smallest absolute Gasteiger partial charge is 0.119 e. The molecule has 2 bridgehead atoms. The van der Waals surface area contributed by atoms with E-state index in [-0.39, 0.29) is 12.4 Å². The van der Waals surface area contributed by atoms with E-state index in [2.05, 4.69) is 30.4 Å². The van der Waals surface area contributed by atoms with E-state index in [9.17, 15) is 0 Å². The van der Waals surface area contributed by atoms with Crippen LogP contribution in [0.2, 0.25) is 0 Å². The van der Waals surface area contributed by atoms with Crippen LogP contribution in [0.5, 0.6) is 5.75 Å². The molecule has 3 atom stereocenters. The summed E-state index contributed by atoms with van der Waals surface area (Å²) in [6.07, 6.45) is 5.29. The second kappa shape index (κ2) is 5.10. The van der Waals surface area contributed by atoms with E-state index >= 15 is 0 Å². The monoisotopic (exact) mass is 267 g/mol. The topological polar surface area (TPSA) is 21.3 Å². The Kier molecular flexibility index (Phi) is 3.88. The molecular formula is C15H22ClNO. The van der Waals surface area contributed by atoms with Crippen molar-refractivity contribution in [3.05, 3.63) is 29.8 Å². The van der Waals surface area contributed by atoms with Crippen molar-refractivity contribution >= 4 is 12.4 Å². The molecule has 0 radical (unpaired) electrons. The third-order valence-corrected chi connectivity index (χ3v) is 4.75. The number of hydrogen-bond donors (Lipinski definition) is 1. The first-order chi connectivity index (χ1) is 8.24. The first kappa shape index (κ1) is 13.7. The van der Waals surface area contributed by atoms with E-state index in [4.69, 9.17) is 4.74 Å². The third kappa shape index (κ3) is 2.02. The molecule has 100 valence electrons. The van der Waals surface area contributed by atoms with Crippen LogP contribution in [0.1, 0.15) is 38.2 Å². The van der Waals surface area contributed by atoms with Crippen LogP contribution in [-0.4, -0.2) is 19.2 Å². The molecular weight excluding hydrogens is 246 g/mol. The highest BCUT2D eigenvalue weighted by molar-refractivity contribution is 5.85. The van der Waals surface area contributed by atoms with Crippen molar-refractivity contribution in [3.8, 4) is 5.75 Å². The lowest BCUT2D eigenvalue weighted by molar-refractivity contribution is 0.318. The zero-order chi connectivity index (χ0) is 11.9. The van der Waals surface area contributed by atoms with E-state index in [1.54, 1.807) is 7.11 Å². The number of rotatable bonds is 2. The van der Waals surface area contributed by atoms with Crippen molar-refractivity contribution in [1.29, 1.82) is 0 Å². The van der Waals surface area contributed by atoms with Gasteiger partial charge in [0.1, 0.15) is 5.75 Å². The van der Waals surface area contributed by atoms with Gasteiger partial charge in [-0.3, -0.25) is 0 Å². The molecule has 2 nitrogen and oxygen atoms in total. The molecule has 0 amide bonds. The van der Waals surface area contributed by atoms with Crippen molar-refractivity contribution in [1.82, 2.24) is 5.32 Å². The van der Waals surface area contributed by atoms with Gasteiger partial charge in [-0.05, 0) is 43.9 Å². The summed E-state index contributed by atoms with van der Waals surface area (Å²) in [6, 6.07) is 9.97. The van der Waals surface area contributed by atoms with E-state index in [0.29, 0.717) is 11.5 Å². The SMILES string of the molecule is COc1cccc(C23CCCC(C2)NC3C)c1.Cl. The number of hydrogen-bond acceptors (Lipinski definition) is 2. The molecule has 0 spiro atoms. The summed E-state index contributed by atoms with van der Waals surface area (Å²) < 4.78 is 5.36. The van der Waals surface area contributed by atoms with Gasteiger partial charge in [-0.25, -0.2) is 0 Å². The number of ether oxygens (including phenoxy) is 1. The van der Waals surface area contributed by atoms with Gasteiger partial charge in [-0.1, -0.05) is 18.6 Å². The zero-order valence-electron chi connectivity index (χ0n) is 11.1. The van der Waals surface area contributed by atoms with Crippen molar-refractivity contribution in [3.63, 3.8) is 0 Å². The maximum Gasteiger partial charge on any atom is 0.119 e. The van der Waals surface area contributed by atoms with Gasteiger partial charge in [0.05, 0.1) is 7.11 Å². The summed E-state index contributed by atoms with van der Waals surface area (Å²) in [5.74, 6) is 0.984. The predicted molar refractivity (Wildman–Crippen MR) is 76.8 cm³/mol. The van der Waals surface area contributed by atoms with Crippen molar-refractivity contribution < 1.29 is 4.74 Å². The number of nitrogens with one attached hydrogen (secondary N) is 1. The van der Waals surface area contributed by atoms with Crippen LogP contribution in [0.25, 0.3) is 0 Å². The van der Waals surface area contributed by atoms with Crippen LogP contribution in [-0.2, 0) is 5.41 Å². The van der Waals surface area contributed by atoms with Gasteiger partial charge >= 0.3 is 0 Å². The van der Waals surface area contributed by atoms with E-state index in [0.717, 1.165) is 11.8 Å². The predicted octanol–water partition coefficient (Wildman–Crippen LogP) is 3.29. The lowest BCUT2D eigenvalue weighted by atomic mass is 9.68. The Morgan fingerprint density at radius 2 is 2.22 bits per heavy atom. The fourth-order valence-electron chi connectivity index (χ4n) is 3.80. The fraction of sp³-hybridized carbons (Fsp3) is 0.600. The average molecular weight is 268 g/mol. The minimum absolute atomic E-state index is 0. The fourth-order valence-corrected chi connectivity index (χ4v) is 3.80. The molecule has 1 aromatic rings. The number of benzene rings is 1. The van der Waals surface area contributed by atoms with Crippen LogP contribution in [0.4, 0.5) is 0 Å². The van der Waals surface area contributed by atoms with Crippen molar-refractivity contribution in [2.45, 2.75) is 50.1 Å². The largest absolute Gasteiger partial charge is 0.497 e. The molecule has 18 heavy (non-hydrogen) atoms. The molecule has 3 unspecified atom stereocenters. The van der Waals surface area contributed by atoms with Gasteiger partial charge in [0.25, 0.3) is 0 Å². The molecule has 2 aliphatic rings. The highest BCUT2D eigenvalue weighted by Gasteiger charge is 2.48. The summed E-state index contributed by atoms with van der Waals surface area (Å²) >= 11 is 0. The van der Waals surface area contributed by atoms with Gasteiger partial charge in [-0.2, -0.15) is 0 Å². The summed E-state index contributed by atoms with van der Waals surface area (Å²) in [7, 11) is 1.75. The second-order valence-corrected chi connectivity index (χ2v) is 5.57. The number of methoxy groups -OCH3 is 1. The Morgan fingerprint density at radius 3 is 3.00 bits per heavy atom. The number of halogens is 1. The summed E-state index contributed by atoms with van der Waals surface area (Å²) in [5, 5.41) is 3.75. The van der Waals surface area contributed by atoms with Gasteiger partial charge in [0.15, 0.2) is 0 Å². The van der Waals surface area contributed by atoms with Crippen LogP contribution < -0.4 is 10.1 Å². The Labute approximate surface area is 116 Å². The number of fused-ring (bicyclic) bond motifs is 2. The lowest BCUT2D eigenvalue weighted by Gasteiger charge is -2.36. The van der Waals surface area contributed by atoms with Crippen LogP contribution in [0, 0.1) is 0 Å². The highest BCUT2D eigenvalue weighted by Crippen LogP contribution is 2.47. The van der Waals surface area contributed by atoms with Crippen molar-refractivity contribution in [2.75, 3.05) is 7.11 Å². The minimum Gasteiger partial charge on any atom is -0.497 e. The first-order valence-corrected chi connectivity index (χ1v) is 6.65. The molecule has 2 fully saturated rings. The van der Waals surface area contributed by atoms with E-state index in [1.807, 2.05) is 6.07 Å². The zero-order valence-corrected chi connectivity index (χ0v) is 11.9. The standard InChI is InChI=1S/C15H21NO.ClH/c1-11-15(8-4-6-13(10-15)16-11)12-5-3-7-14(9-12)17-2;/h3,5,7,9,11,13,16H,4,6,8,10H2,1-2H3;1H. The van der Waals surface area contributed by atoms with Crippen LogP contribution in [0.3, 0.4) is 0 Å². The van der Waals surface area contributed by atoms with Gasteiger partial charge in [0.2, 0.25) is 0 Å². The minimum atomic E-state index is 0. The molecule has 1 saturated heterocycles.